The number of ether oxygens (including phenoxy) is 2. The lowest BCUT2D eigenvalue weighted by Gasteiger charge is -2.19. The van der Waals surface area contributed by atoms with E-state index in [9.17, 15) is 19.2 Å². The van der Waals surface area contributed by atoms with Crippen molar-refractivity contribution in [1.82, 2.24) is 14.9 Å². The molecule has 1 atom stereocenters. The van der Waals surface area contributed by atoms with Crippen molar-refractivity contribution >= 4 is 11.9 Å². The fraction of sp³-hybridized carbons (Fsp3) is 0.294. The minimum Gasteiger partial charge on any atom is -0.493 e. The summed E-state index contributed by atoms with van der Waals surface area (Å²) in [6.45, 7) is -0.376. The first-order valence-corrected chi connectivity index (χ1v) is 7.87. The van der Waals surface area contributed by atoms with Crippen LogP contribution in [0.2, 0.25) is 0 Å². The van der Waals surface area contributed by atoms with Crippen molar-refractivity contribution in [2.75, 3.05) is 14.2 Å². The molecule has 2 rings (SSSR count). The van der Waals surface area contributed by atoms with Crippen LogP contribution in [0, 0.1) is 0 Å². The van der Waals surface area contributed by atoms with E-state index in [0.717, 1.165) is 10.6 Å². The van der Waals surface area contributed by atoms with Gasteiger partial charge in [0.2, 0.25) is 5.91 Å². The van der Waals surface area contributed by atoms with Crippen LogP contribution in [0.1, 0.15) is 18.0 Å². The maximum atomic E-state index is 12.3. The van der Waals surface area contributed by atoms with Gasteiger partial charge in [0.25, 0.3) is 5.56 Å². The average molecular weight is 377 g/mol. The van der Waals surface area contributed by atoms with Gasteiger partial charge < -0.3 is 19.9 Å². The summed E-state index contributed by atoms with van der Waals surface area (Å²) in [6.07, 6.45) is 0.811. The lowest BCUT2D eigenvalue weighted by molar-refractivity contribution is -0.137. The molecule has 10 heteroatoms. The molecule has 0 saturated heterocycles. The highest BCUT2D eigenvalue weighted by Gasteiger charge is 2.20. The van der Waals surface area contributed by atoms with Gasteiger partial charge in [-0.25, -0.2) is 4.79 Å². The molecule has 0 aliphatic carbocycles. The van der Waals surface area contributed by atoms with Gasteiger partial charge in [0.1, 0.15) is 6.54 Å². The zero-order valence-corrected chi connectivity index (χ0v) is 14.7. The van der Waals surface area contributed by atoms with Crippen LogP contribution < -0.4 is 26.0 Å². The molecular formula is C17H19N3O7. The van der Waals surface area contributed by atoms with E-state index in [1.54, 1.807) is 18.2 Å². The maximum absolute atomic E-state index is 12.3. The Bertz CT molecular complexity index is 948. The van der Waals surface area contributed by atoms with E-state index in [1.807, 2.05) is 4.98 Å². The van der Waals surface area contributed by atoms with Gasteiger partial charge in [-0.1, -0.05) is 6.07 Å². The third kappa shape index (κ3) is 5.21. The number of nitrogens with zero attached hydrogens (tertiary/aromatic N) is 1. The standard InChI is InChI=1S/C17H19N3O7/c1-26-12-4-3-10(7-13(12)27-2)11(8-16(23)24)18-15(22)9-20-6-5-14(21)19-17(20)25/h3-7,11H,8-9H2,1-2H3,(H,18,22)(H,23,24)(H,19,21,25). The Morgan fingerprint density at radius 1 is 1.19 bits per heavy atom. The number of carbonyl (C=O) groups is 2. The molecule has 2 aromatic rings. The van der Waals surface area contributed by atoms with Crippen LogP contribution in [0.5, 0.6) is 11.5 Å². The monoisotopic (exact) mass is 377 g/mol. The highest BCUT2D eigenvalue weighted by Crippen LogP contribution is 2.30. The average Bonchev–Trinajstić information content (AvgIpc) is 2.62. The highest BCUT2D eigenvalue weighted by atomic mass is 16.5. The first-order valence-electron chi connectivity index (χ1n) is 7.87. The van der Waals surface area contributed by atoms with Crippen LogP contribution in [0.15, 0.2) is 40.1 Å². The first kappa shape index (κ1) is 19.8. The molecular weight excluding hydrogens is 358 g/mol. The van der Waals surface area contributed by atoms with Crippen LogP contribution in [-0.4, -0.2) is 40.8 Å². The van der Waals surface area contributed by atoms with E-state index < -0.39 is 29.2 Å². The maximum Gasteiger partial charge on any atom is 0.328 e. The molecule has 1 aromatic heterocycles. The molecule has 0 aliphatic heterocycles. The number of benzene rings is 1. The summed E-state index contributed by atoms with van der Waals surface area (Å²) in [5, 5.41) is 11.7. The summed E-state index contributed by atoms with van der Waals surface area (Å²) < 4.78 is 11.3. The molecule has 27 heavy (non-hydrogen) atoms. The Morgan fingerprint density at radius 3 is 2.48 bits per heavy atom. The molecule has 3 N–H and O–H groups in total. The highest BCUT2D eigenvalue weighted by molar-refractivity contribution is 5.77. The van der Waals surface area contributed by atoms with Gasteiger partial charge in [-0.15, -0.1) is 0 Å². The topological polar surface area (TPSA) is 140 Å². The predicted molar refractivity (Wildman–Crippen MR) is 94.0 cm³/mol. The Kier molecular flexibility index (Phi) is 6.36. The third-order valence-electron chi connectivity index (χ3n) is 3.73. The van der Waals surface area contributed by atoms with Gasteiger partial charge >= 0.3 is 11.7 Å². The van der Waals surface area contributed by atoms with Crippen molar-refractivity contribution in [3.05, 3.63) is 56.9 Å². The summed E-state index contributed by atoms with van der Waals surface area (Å²) >= 11 is 0. The largest absolute Gasteiger partial charge is 0.493 e. The van der Waals surface area contributed by atoms with Crippen molar-refractivity contribution in [3.8, 4) is 11.5 Å². The molecule has 0 aliphatic rings. The van der Waals surface area contributed by atoms with E-state index in [-0.39, 0.29) is 13.0 Å². The van der Waals surface area contributed by atoms with Gasteiger partial charge in [0.05, 0.1) is 26.7 Å². The van der Waals surface area contributed by atoms with E-state index in [2.05, 4.69) is 5.32 Å². The second-order valence-corrected chi connectivity index (χ2v) is 5.57. The molecule has 10 nitrogen and oxygen atoms in total. The van der Waals surface area contributed by atoms with Crippen molar-refractivity contribution in [2.45, 2.75) is 19.0 Å². The number of hydrogen-bond acceptors (Lipinski definition) is 6. The predicted octanol–water partition coefficient (Wildman–Crippen LogP) is -0.114. The summed E-state index contributed by atoms with van der Waals surface area (Å²) in [5.41, 5.74) is -0.818. The second kappa shape index (κ2) is 8.70. The SMILES string of the molecule is COc1ccc(C(CC(=O)O)NC(=O)Cn2ccc(=O)[nH]c2=O)cc1OC. The first-order chi connectivity index (χ1) is 12.8. The second-order valence-electron chi connectivity index (χ2n) is 5.57. The lowest BCUT2D eigenvalue weighted by Crippen LogP contribution is -2.37. The Morgan fingerprint density at radius 2 is 1.89 bits per heavy atom. The number of H-pyrrole nitrogens is 1. The molecule has 1 heterocycles. The number of carbonyl (C=O) groups excluding carboxylic acids is 1. The molecule has 0 fully saturated rings. The quantitative estimate of drug-likeness (QED) is 0.583. The molecule has 144 valence electrons. The van der Waals surface area contributed by atoms with Crippen LogP contribution in [0.4, 0.5) is 0 Å². The van der Waals surface area contributed by atoms with Crippen molar-refractivity contribution in [3.63, 3.8) is 0 Å². The number of amides is 1. The number of methoxy groups -OCH3 is 2. The van der Waals surface area contributed by atoms with Gasteiger partial charge in [-0.05, 0) is 17.7 Å². The number of aliphatic carboxylic acids is 1. The summed E-state index contributed by atoms with van der Waals surface area (Å²) in [7, 11) is 2.91. The summed E-state index contributed by atoms with van der Waals surface area (Å²) in [6, 6.07) is 5.04. The number of rotatable bonds is 8. The Labute approximate surface area is 153 Å². The molecule has 0 bridgehead atoms. The molecule has 1 amide bonds. The van der Waals surface area contributed by atoms with Crippen molar-refractivity contribution in [1.29, 1.82) is 0 Å². The minimum atomic E-state index is -1.11. The van der Waals surface area contributed by atoms with Gasteiger partial charge in [-0.3, -0.25) is 23.9 Å². The molecule has 1 aromatic carbocycles. The van der Waals surface area contributed by atoms with Crippen LogP contribution in [0.25, 0.3) is 0 Å². The smallest absolute Gasteiger partial charge is 0.328 e. The molecule has 1 unspecified atom stereocenters. The fourth-order valence-corrected chi connectivity index (χ4v) is 2.46. The number of aromatic nitrogens is 2. The zero-order valence-electron chi connectivity index (χ0n) is 14.7. The normalized spacial score (nSPS) is 11.5. The fourth-order valence-electron chi connectivity index (χ4n) is 2.46. The zero-order chi connectivity index (χ0) is 20.0. The number of hydrogen-bond donors (Lipinski definition) is 3. The number of carboxylic acids is 1. The summed E-state index contributed by atoms with van der Waals surface area (Å²) in [4.78, 5) is 48.2. The minimum absolute atomic E-state index is 0.373. The van der Waals surface area contributed by atoms with Crippen molar-refractivity contribution in [2.24, 2.45) is 0 Å². The molecule has 0 radical (unpaired) electrons. The molecule has 0 saturated carbocycles. The summed E-state index contributed by atoms with van der Waals surface area (Å²) in [5.74, 6) is -0.862. The van der Waals surface area contributed by atoms with Crippen molar-refractivity contribution < 1.29 is 24.2 Å². The number of nitrogens with one attached hydrogen (secondary N) is 2. The molecule has 0 spiro atoms. The van der Waals surface area contributed by atoms with E-state index >= 15 is 0 Å². The van der Waals surface area contributed by atoms with Crippen LogP contribution >= 0.6 is 0 Å². The van der Waals surface area contributed by atoms with E-state index in [0.29, 0.717) is 17.1 Å². The van der Waals surface area contributed by atoms with E-state index in [4.69, 9.17) is 14.6 Å². The van der Waals surface area contributed by atoms with Gasteiger partial charge in [0, 0.05) is 12.3 Å². The van der Waals surface area contributed by atoms with Gasteiger partial charge in [-0.2, -0.15) is 0 Å². The Hall–Kier alpha value is -3.56. The van der Waals surface area contributed by atoms with E-state index in [1.165, 1.54) is 20.4 Å². The van der Waals surface area contributed by atoms with Crippen LogP contribution in [-0.2, 0) is 16.1 Å². The van der Waals surface area contributed by atoms with Crippen LogP contribution in [0.3, 0.4) is 0 Å². The number of carboxylic acid groups (broad SMARTS) is 1. The third-order valence-corrected chi connectivity index (χ3v) is 3.73. The van der Waals surface area contributed by atoms with Gasteiger partial charge in [0.15, 0.2) is 11.5 Å². The Balaban J connectivity index is 2.23. The lowest BCUT2D eigenvalue weighted by atomic mass is 10.0. The number of aromatic amines is 1.